The average molecular weight is 395 g/mol. The molecule has 0 unspecified atom stereocenters. The molecule has 0 saturated carbocycles. The normalized spacial score (nSPS) is 16.2. The van der Waals surface area contributed by atoms with Gasteiger partial charge < -0.3 is 9.80 Å². The Morgan fingerprint density at radius 2 is 1.76 bits per heavy atom. The van der Waals surface area contributed by atoms with Crippen LogP contribution < -0.4 is 4.90 Å². The zero-order chi connectivity index (χ0) is 20.5. The molecule has 0 atom stereocenters. The maximum absolute atomic E-state index is 12.7. The second-order valence-corrected chi connectivity index (χ2v) is 6.74. The minimum absolute atomic E-state index is 0.0445. The molecule has 1 saturated heterocycles. The van der Waals surface area contributed by atoms with E-state index >= 15 is 0 Å². The van der Waals surface area contributed by atoms with Crippen LogP contribution in [0.5, 0.6) is 0 Å². The van der Waals surface area contributed by atoms with Crippen LogP contribution in [0.2, 0.25) is 0 Å². The SMILES string of the molecule is O=C(CN1C(=O)c2ccc([N+](=O)[O-])cc2C1=O)N1CCN(c2ccccn2)CC1. The van der Waals surface area contributed by atoms with Gasteiger partial charge in [0.1, 0.15) is 12.4 Å². The van der Waals surface area contributed by atoms with Gasteiger partial charge in [0, 0.05) is 44.5 Å². The molecule has 0 radical (unpaired) electrons. The van der Waals surface area contributed by atoms with Gasteiger partial charge in [-0.3, -0.25) is 29.4 Å². The molecule has 2 aromatic rings. The molecule has 0 N–H and O–H groups in total. The minimum atomic E-state index is -0.686. The first-order chi connectivity index (χ1) is 14.0. The Hall–Kier alpha value is -3.82. The predicted octanol–water partition coefficient (Wildman–Crippen LogP) is 0.935. The molecule has 148 valence electrons. The Morgan fingerprint density at radius 1 is 1.03 bits per heavy atom. The smallest absolute Gasteiger partial charge is 0.270 e. The molecule has 29 heavy (non-hydrogen) atoms. The number of nitro groups is 1. The quantitative estimate of drug-likeness (QED) is 0.429. The lowest BCUT2D eigenvalue weighted by atomic mass is 10.1. The highest BCUT2D eigenvalue weighted by molar-refractivity contribution is 6.22. The first kappa shape index (κ1) is 18.5. The number of rotatable bonds is 4. The number of carbonyl (C=O) groups is 3. The molecule has 2 aliphatic rings. The maximum atomic E-state index is 12.7. The lowest BCUT2D eigenvalue weighted by molar-refractivity contribution is -0.384. The molecule has 10 nitrogen and oxygen atoms in total. The summed E-state index contributed by atoms with van der Waals surface area (Å²) < 4.78 is 0. The van der Waals surface area contributed by atoms with E-state index in [1.165, 1.54) is 12.1 Å². The van der Waals surface area contributed by atoms with Gasteiger partial charge in [0.25, 0.3) is 17.5 Å². The van der Waals surface area contributed by atoms with Crippen LogP contribution in [0.3, 0.4) is 0 Å². The van der Waals surface area contributed by atoms with Gasteiger partial charge in [-0.2, -0.15) is 0 Å². The third-order valence-electron chi connectivity index (χ3n) is 5.06. The van der Waals surface area contributed by atoms with Gasteiger partial charge in [0.2, 0.25) is 5.91 Å². The first-order valence-electron chi connectivity index (χ1n) is 9.04. The number of imide groups is 1. The fourth-order valence-corrected chi connectivity index (χ4v) is 3.50. The van der Waals surface area contributed by atoms with E-state index < -0.39 is 16.7 Å². The fourth-order valence-electron chi connectivity index (χ4n) is 3.50. The molecule has 10 heteroatoms. The van der Waals surface area contributed by atoms with Crippen molar-refractivity contribution in [2.75, 3.05) is 37.6 Å². The van der Waals surface area contributed by atoms with Gasteiger partial charge >= 0.3 is 0 Å². The third kappa shape index (κ3) is 3.40. The minimum Gasteiger partial charge on any atom is -0.353 e. The van der Waals surface area contributed by atoms with Crippen LogP contribution in [-0.4, -0.2) is 70.2 Å². The molecular formula is C19H17N5O5. The van der Waals surface area contributed by atoms with Crippen LogP contribution in [0, 0.1) is 10.1 Å². The van der Waals surface area contributed by atoms with Crippen molar-refractivity contribution in [2.45, 2.75) is 0 Å². The zero-order valence-corrected chi connectivity index (χ0v) is 15.4. The van der Waals surface area contributed by atoms with Crippen molar-refractivity contribution in [3.05, 3.63) is 63.8 Å². The summed E-state index contributed by atoms with van der Waals surface area (Å²) in [4.78, 5) is 56.8. The summed E-state index contributed by atoms with van der Waals surface area (Å²) >= 11 is 0. The molecule has 2 aliphatic heterocycles. The Kier molecular flexibility index (Phi) is 4.67. The lowest BCUT2D eigenvalue weighted by Crippen LogP contribution is -2.52. The van der Waals surface area contributed by atoms with Crippen molar-refractivity contribution < 1.29 is 19.3 Å². The second kappa shape index (κ2) is 7.30. The van der Waals surface area contributed by atoms with Crippen LogP contribution in [0.1, 0.15) is 20.7 Å². The van der Waals surface area contributed by atoms with E-state index in [-0.39, 0.29) is 29.3 Å². The Morgan fingerprint density at radius 3 is 2.41 bits per heavy atom. The standard InChI is InChI=1S/C19H17N5O5/c25-17(22-9-7-21(8-10-22)16-3-1-2-6-20-16)12-23-18(26)14-5-4-13(24(28)29)11-15(14)19(23)27/h1-6,11H,7-10,12H2. The number of nitrogens with zero attached hydrogens (tertiary/aromatic N) is 5. The Labute approximate surface area is 165 Å². The van der Waals surface area contributed by atoms with Crippen LogP contribution in [0.4, 0.5) is 11.5 Å². The predicted molar refractivity (Wildman–Crippen MR) is 101 cm³/mol. The van der Waals surface area contributed by atoms with Crippen molar-refractivity contribution in [1.82, 2.24) is 14.8 Å². The highest BCUT2D eigenvalue weighted by Crippen LogP contribution is 2.27. The highest BCUT2D eigenvalue weighted by Gasteiger charge is 2.38. The number of non-ortho nitro benzene ring substituents is 1. The monoisotopic (exact) mass is 395 g/mol. The Bertz CT molecular complexity index is 1000. The van der Waals surface area contributed by atoms with Crippen molar-refractivity contribution in [1.29, 1.82) is 0 Å². The molecule has 3 amide bonds. The van der Waals surface area contributed by atoms with Crippen molar-refractivity contribution in [3.8, 4) is 0 Å². The summed E-state index contributed by atoms with van der Waals surface area (Å²) in [7, 11) is 0. The molecule has 4 rings (SSSR count). The highest BCUT2D eigenvalue weighted by atomic mass is 16.6. The first-order valence-corrected chi connectivity index (χ1v) is 9.04. The number of anilines is 1. The number of aromatic nitrogens is 1. The van der Waals surface area contributed by atoms with Crippen LogP contribution >= 0.6 is 0 Å². The van der Waals surface area contributed by atoms with E-state index in [9.17, 15) is 24.5 Å². The van der Waals surface area contributed by atoms with E-state index in [1.807, 2.05) is 18.2 Å². The van der Waals surface area contributed by atoms with Crippen molar-refractivity contribution in [3.63, 3.8) is 0 Å². The van der Waals surface area contributed by atoms with Crippen molar-refractivity contribution in [2.24, 2.45) is 0 Å². The molecule has 0 bridgehead atoms. The van der Waals surface area contributed by atoms with Gasteiger partial charge in [0.05, 0.1) is 16.1 Å². The molecule has 1 aromatic heterocycles. The number of pyridine rings is 1. The number of amides is 3. The van der Waals surface area contributed by atoms with E-state index in [2.05, 4.69) is 9.88 Å². The number of nitro benzene ring substituents is 1. The number of carbonyl (C=O) groups excluding carboxylic acids is 3. The van der Waals surface area contributed by atoms with E-state index in [0.29, 0.717) is 26.2 Å². The molecule has 3 heterocycles. The molecule has 1 aromatic carbocycles. The van der Waals surface area contributed by atoms with Crippen molar-refractivity contribution >= 4 is 29.2 Å². The average Bonchev–Trinajstić information content (AvgIpc) is 2.98. The summed E-state index contributed by atoms with van der Waals surface area (Å²) in [5, 5.41) is 10.9. The summed E-state index contributed by atoms with van der Waals surface area (Å²) in [6.45, 7) is 1.70. The number of hydrogen-bond acceptors (Lipinski definition) is 7. The summed E-state index contributed by atoms with van der Waals surface area (Å²) in [6, 6.07) is 9.13. The van der Waals surface area contributed by atoms with Crippen LogP contribution in [0.15, 0.2) is 42.6 Å². The second-order valence-electron chi connectivity index (χ2n) is 6.74. The van der Waals surface area contributed by atoms with Gasteiger partial charge in [-0.1, -0.05) is 6.07 Å². The van der Waals surface area contributed by atoms with E-state index in [0.717, 1.165) is 16.8 Å². The molecule has 0 spiro atoms. The number of fused-ring (bicyclic) bond motifs is 1. The summed E-state index contributed by atoms with van der Waals surface area (Å²) in [5.41, 5.74) is -0.242. The van der Waals surface area contributed by atoms with Gasteiger partial charge in [-0.25, -0.2) is 4.98 Å². The topological polar surface area (TPSA) is 117 Å². The lowest BCUT2D eigenvalue weighted by Gasteiger charge is -2.35. The maximum Gasteiger partial charge on any atom is 0.270 e. The van der Waals surface area contributed by atoms with Crippen LogP contribution in [-0.2, 0) is 4.79 Å². The summed E-state index contributed by atoms with van der Waals surface area (Å²) in [5.74, 6) is -0.800. The largest absolute Gasteiger partial charge is 0.353 e. The van der Waals surface area contributed by atoms with Gasteiger partial charge in [-0.05, 0) is 18.2 Å². The molecule has 1 fully saturated rings. The number of hydrogen-bond donors (Lipinski definition) is 0. The number of benzene rings is 1. The fraction of sp³-hybridized carbons (Fsp3) is 0.263. The van der Waals surface area contributed by atoms with E-state index in [4.69, 9.17) is 0 Å². The summed E-state index contributed by atoms with van der Waals surface area (Å²) in [6.07, 6.45) is 1.71. The third-order valence-corrected chi connectivity index (χ3v) is 5.06. The van der Waals surface area contributed by atoms with Gasteiger partial charge in [0.15, 0.2) is 0 Å². The molecule has 0 aliphatic carbocycles. The van der Waals surface area contributed by atoms with E-state index in [1.54, 1.807) is 11.1 Å². The van der Waals surface area contributed by atoms with Crippen LogP contribution in [0.25, 0.3) is 0 Å². The van der Waals surface area contributed by atoms with Gasteiger partial charge in [-0.15, -0.1) is 0 Å². The molecular weight excluding hydrogens is 378 g/mol. The Balaban J connectivity index is 1.41. The number of piperazine rings is 1. The zero-order valence-electron chi connectivity index (χ0n) is 15.4.